The summed E-state index contributed by atoms with van der Waals surface area (Å²) in [6.07, 6.45) is -0.891. The van der Waals surface area contributed by atoms with Crippen molar-refractivity contribution in [2.75, 3.05) is 13.7 Å². The molecule has 3 aromatic rings. The number of aliphatic carboxylic acids is 1. The number of hydrogen-bond acceptors (Lipinski definition) is 4. The van der Waals surface area contributed by atoms with Crippen LogP contribution in [-0.4, -0.2) is 40.8 Å². The number of fused-ring (bicyclic) bond motifs is 3. The summed E-state index contributed by atoms with van der Waals surface area (Å²) in [7, 11) is 1.24. The Hall–Kier alpha value is -3.87. The second kappa shape index (κ2) is 8.10. The minimum absolute atomic E-state index is 0.0126. The van der Waals surface area contributed by atoms with E-state index >= 15 is 0 Å². The van der Waals surface area contributed by atoms with Gasteiger partial charge in [-0.2, -0.15) is 0 Å². The van der Waals surface area contributed by atoms with Crippen LogP contribution in [0.2, 0.25) is 0 Å². The third-order valence-electron chi connectivity index (χ3n) is 5.53. The highest BCUT2D eigenvalue weighted by Crippen LogP contribution is 2.44. The van der Waals surface area contributed by atoms with Gasteiger partial charge < -0.3 is 14.9 Å². The van der Waals surface area contributed by atoms with E-state index in [-0.39, 0.29) is 18.1 Å². The number of aromatic hydroxyl groups is 1. The number of carbonyl (C=O) groups is 2. The van der Waals surface area contributed by atoms with Crippen molar-refractivity contribution in [1.82, 2.24) is 4.90 Å². The van der Waals surface area contributed by atoms with E-state index < -0.39 is 29.7 Å². The van der Waals surface area contributed by atoms with Crippen molar-refractivity contribution in [3.05, 3.63) is 89.2 Å². The van der Waals surface area contributed by atoms with Gasteiger partial charge in [0.1, 0.15) is 18.2 Å². The van der Waals surface area contributed by atoms with Crippen LogP contribution in [0.4, 0.5) is 9.18 Å². The molecule has 2 N–H and O–H groups in total. The molecule has 0 radical (unpaired) electrons. The predicted molar refractivity (Wildman–Crippen MR) is 111 cm³/mol. The highest BCUT2D eigenvalue weighted by atomic mass is 19.1. The third kappa shape index (κ3) is 3.70. The van der Waals surface area contributed by atoms with Crippen LogP contribution in [0.1, 0.15) is 28.7 Å². The average molecular weight is 421 g/mol. The molecule has 158 valence electrons. The minimum Gasteiger partial charge on any atom is -0.508 e. The molecule has 0 spiro atoms. The molecule has 0 saturated carbocycles. The van der Waals surface area contributed by atoms with Crippen LogP contribution in [0.25, 0.3) is 11.1 Å². The van der Waals surface area contributed by atoms with Gasteiger partial charge in [0, 0.05) is 18.5 Å². The monoisotopic (exact) mass is 421 g/mol. The Labute approximate surface area is 178 Å². The van der Waals surface area contributed by atoms with Gasteiger partial charge in [0.15, 0.2) is 6.04 Å². The molecule has 1 aliphatic rings. The van der Waals surface area contributed by atoms with Crippen LogP contribution in [0, 0.1) is 5.82 Å². The lowest BCUT2D eigenvalue weighted by Crippen LogP contribution is -2.37. The topological polar surface area (TPSA) is 87.1 Å². The number of benzene rings is 3. The van der Waals surface area contributed by atoms with Gasteiger partial charge in [0.05, 0.1) is 0 Å². The first-order chi connectivity index (χ1) is 14.9. The number of nitrogens with zero attached hydrogens (tertiary/aromatic N) is 1. The maximum Gasteiger partial charge on any atom is 0.410 e. The lowest BCUT2D eigenvalue weighted by Gasteiger charge is -2.26. The molecule has 1 aliphatic carbocycles. The van der Waals surface area contributed by atoms with E-state index in [1.54, 1.807) is 0 Å². The van der Waals surface area contributed by atoms with E-state index in [1.807, 2.05) is 48.5 Å². The number of amides is 1. The van der Waals surface area contributed by atoms with Crippen LogP contribution in [0.5, 0.6) is 5.75 Å². The number of phenolic OH excluding ortho intramolecular Hbond substituents is 1. The largest absolute Gasteiger partial charge is 0.508 e. The predicted octanol–water partition coefficient (Wildman–Crippen LogP) is 4.54. The number of rotatable bonds is 5. The Bertz CT molecular complexity index is 1120. The molecule has 7 heteroatoms. The zero-order valence-corrected chi connectivity index (χ0v) is 16.7. The molecule has 0 fully saturated rings. The molecular formula is C24H20FNO5. The molecule has 0 aromatic heterocycles. The minimum atomic E-state index is -1.61. The first kappa shape index (κ1) is 20.4. The van der Waals surface area contributed by atoms with Crippen molar-refractivity contribution in [2.24, 2.45) is 0 Å². The smallest absolute Gasteiger partial charge is 0.410 e. The summed E-state index contributed by atoms with van der Waals surface area (Å²) < 4.78 is 19.1. The number of likely N-dealkylation sites (N-methyl/N-ethyl adjacent to an activating group) is 1. The molecule has 6 nitrogen and oxygen atoms in total. The average Bonchev–Trinajstić information content (AvgIpc) is 3.08. The third-order valence-corrected chi connectivity index (χ3v) is 5.53. The summed E-state index contributed by atoms with van der Waals surface area (Å²) in [5.41, 5.74) is 3.96. The van der Waals surface area contributed by atoms with Gasteiger partial charge in [-0.3, -0.25) is 4.90 Å². The van der Waals surface area contributed by atoms with Crippen LogP contribution < -0.4 is 0 Å². The van der Waals surface area contributed by atoms with Gasteiger partial charge in [0.2, 0.25) is 0 Å². The maximum atomic E-state index is 13.6. The lowest BCUT2D eigenvalue weighted by molar-refractivity contribution is -0.142. The van der Waals surface area contributed by atoms with Gasteiger partial charge in [0.25, 0.3) is 0 Å². The van der Waals surface area contributed by atoms with Crippen LogP contribution in [-0.2, 0) is 9.53 Å². The maximum absolute atomic E-state index is 13.6. The van der Waals surface area contributed by atoms with Crippen molar-refractivity contribution in [3.63, 3.8) is 0 Å². The molecule has 1 amide bonds. The van der Waals surface area contributed by atoms with Gasteiger partial charge in [-0.1, -0.05) is 48.5 Å². The Balaban J connectivity index is 1.56. The van der Waals surface area contributed by atoms with Gasteiger partial charge >= 0.3 is 12.1 Å². The second-order valence-electron chi connectivity index (χ2n) is 7.36. The number of hydrogen-bond donors (Lipinski definition) is 2. The molecule has 0 bridgehead atoms. The summed E-state index contributed by atoms with van der Waals surface area (Å²) in [6.45, 7) is 0.0126. The zero-order chi connectivity index (χ0) is 22.1. The van der Waals surface area contributed by atoms with Crippen LogP contribution in [0.3, 0.4) is 0 Å². The molecular weight excluding hydrogens is 401 g/mol. The fourth-order valence-electron chi connectivity index (χ4n) is 4.05. The highest BCUT2D eigenvalue weighted by molar-refractivity contribution is 5.82. The van der Waals surface area contributed by atoms with Crippen molar-refractivity contribution in [2.45, 2.75) is 12.0 Å². The fraction of sp³-hybridized carbons (Fsp3) is 0.167. The Morgan fingerprint density at radius 1 is 1.03 bits per heavy atom. The van der Waals surface area contributed by atoms with Crippen molar-refractivity contribution in [3.8, 4) is 16.9 Å². The normalized spacial score (nSPS) is 13.2. The lowest BCUT2D eigenvalue weighted by atomic mass is 9.98. The molecule has 3 aromatic carbocycles. The summed E-state index contributed by atoms with van der Waals surface area (Å²) >= 11 is 0. The Morgan fingerprint density at radius 3 is 2.19 bits per heavy atom. The number of phenols is 1. The number of ether oxygens (including phenoxy) is 1. The van der Waals surface area contributed by atoms with E-state index in [0.29, 0.717) is 0 Å². The summed E-state index contributed by atoms with van der Waals surface area (Å²) in [6, 6.07) is 17.0. The summed E-state index contributed by atoms with van der Waals surface area (Å²) in [5, 5.41) is 19.6. The van der Waals surface area contributed by atoms with Crippen molar-refractivity contribution in [1.29, 1.82) is 0 Å². The molecule has 0 aliphatic heterocycles. The van der Waals surface area contributed by atoms with E-state index in [0.717, 1.165) is 45.4 Å². The Kier molecular flexibility index (Phi) is 5.33. The number of carboxylic acid groups (broad SMARTS) is 1. The number of carbonyl (C=O) groups excluding carboxylic acids is 1. The summed E-state index contributed by atoms with van der Waals surface area (Å²) in [5.74, 6) is -2.75. The van der Waals surface area contributed by atoms with Crippen molar-refractivity contribution >= 4 is 12.1 Å². The van der Waals surface area contributed by atoms with Crippen LogP contribution >= 0.6 is 0 Å². The van der Waals surface area contributed by atoms with E-state index in [9.17, 15) is 24.2 Å². The Morgan fingerprint density at radius 2 is 1.61 bits per heavy atom. The van der Waals surface area contributed by atoms with Gasteiger partial charge in [-0.05, 0) is 40.5 Å². The molecule has 0 heterocycles. The quantitative estimate of drug-likeness (QED) is 0.632. The molecule has 0 saturated heterocycles. The first-order valence-electron chi connectivity index (χ1n) is 9.67. The number of carboxylic acids is 1. The summed E-state index contributed by atoms with van der Waals surface area (Å²) in [4.78, 5) is 25.4. The van der Waals surface area contributed by atoms with E-state index in [1.165, 1.54) is 7.05 Å². The first-order valence-corrected chi connectivity index (χ1v) is 9.67. The SMILES string of the molecule is CN(C(=O)OCC1c2ccccc2-c2ccccc21)C(C(=O)O)c1cc(F)ccc1O. The molecule has 4 rings (SSSR count). The van der Waals surface area contributed by atoms with E-state index in [2.05, 4.69) is 0 Å². The number of halogens is 1. The van der Waals surface area contributed by atoms with Crippen LogP contribution in [0.15, 0.2) is 66.7 Å². The standard InChI is InChI=1S/C24H20FNO5/c1-26(22(23(28)29)19-12-14(25)10-11-21(19)27)24(30)31-13-20-17-8-4-2-6-15(17)16-7-3-5-9-18(16)20/h2-12,20,22,27H,13H2,1H3,(H,28,29). The highest BCUT2D eigenvalue weighted by Gasteiger charge is 2.34. The van der Waals surface area contributed by atoms with Gasteiger partial charge in [-0.25, -0.2) is 14.0 Å². The molecule has 1 atom stereocenters. The molecule has 31 heavy (non-hydrogen) atoms. The second-order valence-corrected chi connectivity index (χ2v) is 7.36. The van der Waals surface area contributed by atoms with Gasteiger partial charge in [-0.15, -0.1) is 0 Å². The fourth-order valence-corrected chi connectivity index (χ4v) is 4.05. The van der Waals surface area contributed by atoms with E-state index in [4.69, 9.17) is 4.74 Å². The molecule has 1 unspecified atom stereocenters. The van der Waals surface area contributed by atoms with Crippen molar-refractivity contribution < 1.29 is 28.9 Å². The zero-order valence-electron chi connectivity index (χ0n) is 16.7.